The number of H-pyrrole nitrogens is 1. The Morgan fingerprint density at radius 2 is 1.80 bits per heavy atom. The van der Waals surface area contributed by atoms with Gasteiger partial charge in [0.15, 0.2) is 10.7 Å². The summed E-state index contributed by atoms with van der Waals surface area (Å²) in [6.07, 6.45) is 12.7. The number of ether oxygens (including phenoxy) is 2. The third-order valence-corrected chi connectivity index (χ3v) is 16.3. The molecule has 0 radical (unpaired) electrons. The average Bonchev–Trinajstić information content (AvgIpc) is 3.98. The molecule has 2 aliphatic carbocycles. The van der Waals surface area contributed by atoms with E-state index in [0.717, 1.165) is 49.6 Å². The molecule has 17 heteroatoms. The molecule has 2 saturated heterocycles. The molecular formula is C49H58N8O8S. The Morgan fingerprint density at radius 3 is 2.56 bits per heavy atom. The minimum Gasteiger partial charge on any atom is -0.474 e. The van der Waals surface area contributed by atoms with Crippen molar-refractivity contribution in [2.75, 3.05) is 36.5 Å². The van der Waals surface area contributed by atoms with Crippen LogP contribution in [-0.4, -0.2) is 88.1 Å². The number of likely N-dealkylation sites (tertiary alicyclic amines) is 1. The van der Waals surface area contributed by atoms with Crippen LogP contribution in [0.15, 0.2) is 78.1 Å². The van der Waals surface area contributed by atoms with Crippen LogP contribution in [0, 0.1) is 21.4 Å². The van der Waals surface area contributed by atoms with Crippen LogP contribution in [0.4, 0.5) is 17.1 Å². The maximum Gasteiger partial charge on any atom is 0.300 e. The van der Waals surface area contributed by atoms with Crippen molar-refractivity contribution < 1.29 is 32.7 Å². The molecule has 66 heavy (non-hydrogen) atoms. The zero-order valence-corrected chi connectivity index (χ0v) is 38.5. The normalized spacial score (nSPS) is 24.4. The predicted octanol–water partition coefficient (Wildman–Crippen LogP) is 8.60. The fourth-order valence-electron chi connectivity index (χ4n) is 11.4. The van der Waals surface area contributed by atoms with E-state index >= 15 is 0 Å². The first-order valence-corrected chi connectivity index (χ1v) is 24.9. The number of aromatic amines is 1. The van der Waals surface area contributed by atoms with Gasteiger partial charge in [0.05, 0.1) is 34.4 Å². The first-order valence-electron chi connectivity index (χ1n) is 23.4. The van der Waals surface area contributed by atoms with E-state index in [1.807, 2.05) is 6.07 Å². The highest BCUT2D eigenvalue weighted by molar-refractivity contribution is 7.90. The molecule has 2 atom stereocenters. The van der Waals surface area contributed by atoms with E-state index in [4.69, 9.17) is 9.47 Å². The van der Waals surface area contributed by atoms with Crippen LogP contribution in [0.1, 0.15) is 118 Å². The van der Waals surface area contributed by atoms with Gasteiger partial charge in [-0.2, -0.15) is 13.4 Å². The SMILES string of the molecule is CC(C)c1ccccc1[C@H]1CCCN1C1CC2(CCN(c3ccc(C(=O)NS(=O)(=O)c4cc([N+](=O)[O-])c5c(n4)OC[C@H]([C@H]4CC[C@](C)(O)CC4)N5)c(Oc4cnc5[nH]ccc5c4)c3)CC2)C1. The van der Waals surface area contributed by atoms with Crippen LogP contribution in [0.2, 0.25) is 0 Å². The number of aliphatic hydroxyl groups is 1. The molecule has 4 N–H and O–H groups in total. The summed E-state index contributed by atoms with van der Waals surface area (Å²) in [7, 11) is -4.77. The van der Waals surface area contributed by atoms with Crippen LogP contribution in [0.5, 0.6) is 17.4 Å². The van der Waals surface area contributed by atoms with E-state index in [9.17, 15) is 28.4 Å². The summed E-state index contributed by atoms with van der Waals surface area (Å²) >= 11 is 0. The van der Waals surface area contributed by atoms with Gasteiger partial charge in [-0.1, -0.05) is 38.1 Å². The van der Waals surface area contributed by atoms with Crippen molar-refractivity contribution in [1.82, 2.24) is 24.6 Å². The Morgan fingerprint density at radius 1 is 1.03 bits per heavy atom. The quantitative estimate of drug-likeness (QED) is 0.0725. The largest absolute Gasteiger partial charge is 0.474 e. The number of amides is 1. The fourth-order valence-corrected chi connectivity index (χ4v) is 12.3. The molecular weight excluding hydrogens is 861 g/mol. The summed E-state index contributed by atoms with van der Waals surface area (Å²) in [6, 6.07) is 19.3. The predicted molar refractivity (Wildman–Crippen MR) is 250 cm³/mol. The smallest absolute Gasteiger partial charge is 0.300 e. The lowest BCUT2D eigenvalue weighted by Gasteiger charge is -2.56. The topological polar surface area (TPSA) is 205 Å². The third-order valence-electron chi connectivity index (χ3n) is 15.1. The first kappa shape index (κ1) is 44.1. The Hall–Kier alpha value is -5.78. The molecule has 16 nitrogen and oxygen atoms in total. The first-order chi connectivity index (χ1) is 31.6. The fraction of sp³-hybridized carbons (Fsp3) is 0.490. The van der Waals surface area contributed by atoms with Crippen LogP contribution < -0.4 is 24.4 Å². The number of piperidine rings is 1. The van der Waals surface area contributed by atoms with Crippen LogP contribution in [0.3, 0.4) is 0 Å². The molecule has 1 amide bonds. The van der Waals surface area contributed by atoms with Crippen molar-refractivity contribution in [2.24, 2.45) is 11.3 Å². The average molecular weight is 919 g/mol. The second-order valence-corrected chi connectivity index (χ2v) is 21.5. The van der Waals surface area contributed by atoms with Crippen molar-refractivity contribution in [2.45, 2.75) is 120 Å². The Balaban J connectivity index is 0.855. The minimum absolute atomic E-state index is 0.0256. The highest BCUT2D eigenvalue weighted by Gasteiger charge is 2.50. The number of nitrogens with zero attached hydrogens (tertiary/aromatic N) is 5. The maximum atomic E-state index is 14.1. The van der Waals surface area contributed by atoms with Gasteiger partial charge in [0.25, 0.3) is 15.9 Å². The van der Waals surface area contributed by atoms with Gasteiger partial charge in [0.1, 0.15) is 23.8 Å². The number of pyridine rings is 2. The lowest BCUT2D eigenvalue weighted by Crippen LogP contribution is -2.54. The molecule has 5 aromatic rings. The minimum atomic E-state index is -4.77. The number of fused-ring (bicyclic) bond motifs is 2. The van der Waals surface area contributed by atoms with Gasteiger partial charge in [-0.25, -0.2) is 9.71 Å². The van der Waals surface area contributed by atoms with E-state index in [0.29, 0.717) is 55.1 Å². The molecule has 5 aliphatic rings. The van der Waals surface area contributed by atoms with E-state index in [-0.39, 0.29) is 46.9 Å². The van der Waals surface area contributed by atoms with Crippen molar-refractivity contribution in [1.29, 1.82) is 0 Å². The molecule has 3 aliphatic heterocycles. The van der Waals surface area contributed by atoms with Crippen molar-refractivity contribution >= 4 is 44.0 Å². The highest BCUT2D eigenvalue weighted by atomic mass is 32.2. The summed E-state index contributed by atoms with van der Waals surface area (Å²) in [5.41, 5.74) is 3.34. The monoisotopic (exact) mass is 918 g/mol. The molecule has 4 fully saturated rings. The second-order valence-electron chi connectivity index (χ2n) is 19.8. The number of sulfonamides is 1. The zero-order valence-electron chi connectivity index (χ0n) is 37.7. The van der Waals surface area contributed by atoms with Crippen LogP contribution in [-0.2, 0) is 10.0 Å². The third kappa shape index (κ3) is 8.56. The molecule has 6 heterocycles. The van der Waals surface area contributed by atoms with Crippen molar-refractivity contribution in [3.05, 3.63) is 99.9 Å². The number of hydrogen-bond donors (Lipinski definition) is 4. The van der Waals surface area contributed by atoms with Gasteiger partial charge >= 0.3 is 5.69 Å². The number of nitro groups is 1. The van der Waals surface area contributed by atoms with E-state index in [1.54, 1.807) is 37.4 Å². The lowest BCUT2D eigenvalue weighted by molar-refractivity contribution is -0.384. The van der Waals surface area contributed by atoms with Gasteiger partial charge in [-0.05, 0) is 130 Å². The number of carbonyl (C=O) groups excluding carboxylic acids is 1. The summed E-state index contributed by atoms with van der Waals surface area (Å²) in [4.78, 5) is 42.5. The lowest BCUT2D eigenvalue weighted by atomic mass is 9.59. The number of aromatic nitrogens is 3. The van der Waals surface area contributed by atoms with Gasteiger partial charge < -0.3 is 29.8 Å². The number of benzene rings is 2. The molecule has 2 aromatic carbocycles. The zero-order chi connectivity index (χ0) is 46.0. The molecule has 2 saturated carbocycles. The molecule has 348 valence electrons. The number of rotatable bonds is 11. The van der Waals surface area contributed by atoms with E-state index < -0.39 is 37.2 Å². The van der Waals surface area contributed by atoms with Crippen molar-refractivity contribution in [3.63, 3.8) is 0 Å². The number of anilines is 2. The van der Waals surface area contributed by atoms with Gasteiger partial charge in [0.2, 0.25) is 5.88 Å². The summed E-state index contributed by atoms with van der Waals surface area (Å²) < 4.78 is 42.1. The molecule has 3 aromatic heterocycles. The Labute approximate surface area is 384 Å². The standard InChI is InChI=1S/C49H58N8O8S/c1-30(2)36-7-4-5-8-37(36)40-9-6-20-56(40)34-26-49(27-34)17-21-55(22-18-49)33-10-11-38(42(24-33)65-35-23-32-14-19-50-45(32)51-28-35)46(58)54-66(62,63)43-25-41(57(60)61)44-47(53-43)64-29-39(52-44)31-12-15-48(3,59)16-13-31/h4-5,7-8,10-11,14,19,23-25,28,30-31,34,39-40,52,59H,6,9,12-13,15-18,20-22,26-27,29H2,1-3H3,(H,50,51)(H,54,58)/t31-,39-,40-,48-/m1/s1. The maximum absolute atomic E-state index is 14.1. The number of nitrogens with one attached hydrogen (secondary N) is 3. The Bertz CT molecular complexity index is 2770. The molecule has 1 spiro atoms. The van der Waals surface area contributed by atoms with Gasteiger partial charge in [-0.3, -0.25) is 19.8 Å². The van der Waals surface area contributed by atoms with Gasteiger partial charge in [0, 0.05) is 48.5 Å². The number of carbonyl (C=O) groups is 1. The van der Waals surface area contributed by atoms with Crippen molar-refractivity contribution in [3.8, 4) is 17.4 Å². The van der Waals surface area contributed by atoms with E-state index in [1.165, 1.54) is 43.0 Å². The summed E-state index contributed by atoms with van der Waals surface area (Å²) in [5, 5.41) is 26.0. The Kier molecular flexibility index (Phi) is 11.4. The summed E-state index contributed by atoms with van der Waals surface area (Å²) in [5.74, 6) is -0.213. The molecule has 10 rings (SSSR count). The van der Waals surface area contributed by atoms with Gasteiger partial charge in [-0.15, -0.1) is 0 Å². The highest BCUT2D eigenvalue weighted by Crippen LogP contribution is 2.54. The number of hydrogen-bond acceptors (Lipinski definition) is 13. The molecule has 0 bridgehead atoms. The molecule has 0 unspecified atom stereocenters. The van der Waals surface area contributed by atoms with Crippen LogP contribution >= 0.6 is 0 Å². The van der Waals surface area contributed by atoms with E-state index in [2.05, 4.69) is 72.9 Å². The second kappa shape index (κ2) is 17.1. The summed E-state index contributed by atoms with van der Waals surface area (Å²) in [6.45, 7) is 9.26. The van der Waals surface area contributed by atoms with Crippen LogP contribution in [0.25, 0.3) is 11.0 Å².